The van der Waals surface area contributed by atoms with Crippen LogP contribution in [0, 0.1) is 0 Å². The van der Waals surface area contributed by atoms with E-state index in [1.165, 1.54) is 0 Å². The van der Waals surface area contributed by atoms with E-state index in [4.69, 9.17) is 4.74 Å². The molecule has 0 N–H and O–H groups in total. The molecule has 0 saturated carbocycles. The van der Waals surface area contributed by atoms with Gasteiger partial charge in [-0.15, -0.1) is 5.10 Å². The van der Waals surface area contributed by atoms with Crippen molar-refractivity contribution in [1.29, 1.82) is 0 Å². The lowest BCUT2D eigenvalue weighted by atomic mass is 10.2. The maximum Gasteiger partial charge on any atom is 0.263 e. The maximum atomic E-state index is 12.5. The molecule has 25 heavy (non-hydrogen) atoms. The Morgan fingerprint density at radius 1 is 1.04 bits per heavy atom. The lowest BCUT2D eigenvalue weighted by molar-refractivity contribution is -0.143. The summed E-state index contributed by atoms with van der Waals surface area (Å²) in [5.41, 5.74) is 0.927. The van der Waals surface area contributed by atoms with Crippen molar-refractivity contribution in [3.8, 4) is 11.6 Å². The van der Waals surface area contributed by atoms with E-state index in [9.17, 15) is 9.59 Å². The quantitative estimate of drug-likeness (QED) is 0.841. The second kappa shape index (κ2) is 7.38. The van der Waals surface area contributed by atoms with Crippen LogP contribution in [0.1, 0.15) is 13.8 Å². The SMILES string of the molecule is CC(=O)N1CCN(C(=O)[C@H](C)Oc2ccn(-c3ccccc3)n2)CC1. The second-order valence-electron chi connectivity index (χ2n) is 6.03. The van der Waals surface area contributed by atoms with E-state index in [0.717, 1.165) is 5.69 Å². The Morgan fingerprint density at radius 3 is 2.32 bits per heavy atom. The molecule has 1 atom stereocenters. The summed E-state index contributed by atoms with van der Waals surface area (Å²) in [6, 6.07) is 11.4. The first-order valence-corrected chi connectivity index (χ1v) is 8.36. The van der Waals surface area contributed by atoms with Gasteiger partial charge in [-0.1, -0.05) is 18.2 Å². The molecule has 1 fully saturated rings. The topological polar surface area (TPSA) is 67.7 Å². The van der Waals surface area contributed by atoms with Gasteiger partial charge in [-0.05, 0) is 19.1 Å². The van der Waals surface area contributed by atoms with E-state index in [1.807, 2.05) is 30.3 Å². The maximum absolute atomic E-state index is 12.5. The number of hydrogen-bond donors (Lipinski definition) is 0. The highest BCUT2D eigenvalue weighted by Gasteiger charge is 2.27. The average Bonchev–Trinajstić information content (AvgIpc) is 3.10. The standard InChI is InChI=1S/C18H22N4O3/c1-14(18(24)21-12-10-20(11-13-21)15(2)23)25-17-8-9-22(19-17)16-6-4-3-5-7-16/h3-9,14H,10-13H2,1-2H3/t14-/m0/s1. The molecule has 0 radical (unpaired) electrons. The zero-order valence-electron chi connectivity index (χ0n) is 14.5. The van der Waals surface area contributed by atoms with Crippen LogP contribution in [0.15, 0.2) is 42.6 Å². The van der Waals surface area contributed by atoms with E-state index in [2.05, 4.69) is 5.10 Å². The number of nitrogens with zero attached hydrogens (tertiary/aromatic N) is 4. The van der Waals surface area contributed by atoms with Crippen LogP contribution in [-0.4, -0.2) is 63.7 Å². The number of aromatic nitrogens is 2. The summed E-state index contributed by atoms with van der Waals surface area (Å²) < 4.78 is 7.41. The zero-order valence-corrected chi connectivity index (χ0v) is 14.5. The van der Waals surface area contributed by atoms with Crippen molar-refractivity contribution in [1.82, 2.24) is 19.6 Å². The number of amides is 2. The van der Waals surface area contributed by atoms with Crippen LogP contribution in [-0.2, 0) is 9.59 Å². The molecule has 132 valence electrons. The molecule has 7 heteroatoms. The van der Waals surface area contributed by atoms with Gasteiger partial charge in [-0.3, -0.25) is 9.59 Å². The van der Waals surface area contributed by atoms with Crippen LogP contribution in [0.2, 0.25) is 0 Å². The molecule has 0 bridgehead atoms. The van der Waals surface area contributed by atoms with Crippen LogP contribution in [0.3, 0.4) is 0 Å². The predicted molar refractivity (Wildman–Crippen MR) is 92.5 cm³/mol. The molecule has 1 aromatic heterocycles. The van der Waals surface area contributed by atoms with Crippen molar-refractivity contribution in [2.75, 3.05) is 26.2 Å². The van der Waals surface area contributed by atoms with Crippen molar-refractivity contribution < 1.29 is 14.3 Å². The van der Waals surface area contributed by atoms with Crippen LogP contribution in [0.25, 0.3) is 5.69 Å². The number of hydrogen-bond acceptors (Lipinski definition) is 4. The summed E-state index contributed by atoms with van der Waals surface area (Å²) >= 11 is 0. The molecule has 2 heterocycles. The molecule has 0 aliphatic carbocycles. The minimum absolute atomic E-state index is 0.0443. The summed E-state index contributed by atoms with van der Waals surface area (Å²) in [6.07, 6.45) is 1.18. The van der Waals surface area contributed by atoms with Crippen LogP contribution >= 0.6 is 0 Å². The van der Waals surface area contributed by atoms with E-state index >= 15 is 0 Å². The predicted octanol–water partition coefficient (Wildman–Crippen LogP) is 1.33. The van der Waals surface area contributed by atoms with Gasteiger partial charge in [0.25, 0.3) is 5.91 Å². The molecule has 1 aliphatic heterocycles. The number of rotatable bonds is 4. The third-order valence-electron chi connectivity index (χ3n) is 4.27. The van der Waals surface area contributed by atoms with Gasteiger partial charge in [0.15, 0.2) is 6.10 Å². The fraction of sp³-hybridized carbons (Fsp3) is 0.389. The molecule has 7 nitrogen and oxygen atoms in total. The van der Waals surface area contributed by atoms with Gasteiger partial charge < -0.3 is 14.5 Å². The molecule has 1 saturated heterocycles. The number of carbonyl (C=O) groups is 2. The Bertz CT molecular complexity index is 736. The first-order chi connectivity index (χ1) is 12.0. The Labute approximate surface area is 146 Å². The van der Waals surface area contributed by atoms with E-state index in [1.54, 1.807) is 40.6 Å². The summed E-state index contributed by atoms with van der Waals surface area (Å²) in [5, 5.41) is 4.35. The van der Waals surface area contributed by atoms with Gasteiger partial charge in [0.1, 0.15) is 0 Å². The molecule has 3 rings (SSSR count). The molecule has 0 unspecified atom stereocenters. The van der Waals surface area contributed by atoms with Crippen molar-refractivity contribution in [3.05, 3.63) is 42.6 Å². The largest absolute Gasteiger partial charge is 0.463 e. The highest BCUT2D eigenvalue weighted by molar-refractivity contribution is 5.81. The first kappa shape index (κ1) is 17.0. The van der Waals surface area contributed by atoms with Crippen molar-refractivity contribution >= 4 is 11.8 Å². The van der Waals surface area contributed by atoms with E-state index in [0.29, 0.717) is 32.1 Å². The summed E-state index contributed by atoms with van der Waals surface area (Å²) in [4.78, 5) is 27.4. The number of piperazine rings is 1. The molecule has 1 aliphatic rings. The number of ether oxygens (including phenoxy) is 1. The Kier molecular flexibility index (Phi) is 5.02. The highest BCUT2D eigenvalue weighted by Crippen LogP contribution is 2.14. The van der Waals surface area contributed by atoms with Gasteiger partial charge >= 0.3 is 0 Å². The van der Waals surface area contributed by atoms with Crippen LogP contribution < -0.4 is 4.74 Å². The van der Waals surface area contributed by atoms with Gasteiger partial charge in [0, 0.05) is 45.4 Å². The van der Waals surface area contributed by atoms with Gasteiger partial charge in [-0.2, -0.15) is 0 Å². The monoisotopic (exact) mass is 342 g/mol. The lowest BCUT2D eigenvalue weighted by Crippen LogP contribution is -2.52. The number of carbonyl (C=O) groups excluding carboxylic acids is 2. The molecular formula is C18H22N4O3. The summed E-state index contributed by atoms with van der Waals surface area (Å²) in [6.45, 7) is 5.47. The Balaban J connectivity index is 1.57. The summed E-state index contributed by atoms with van der Waals surface area (Å²) in [7, 11) is 0. The van der Waals surface area contributed by atoms with Crippen molar-refractivity contribution in [2.24, 2.45) is 0 Å². The minimum atomic E-state index is -0.622. The van der Waals surface area contributed by atoms with Gasteiger partial charge in [-0.25, -0.2) is 4.68 Å². The fourth-order valence-electron chi connectivity index (χ4n) is 2.82. The third kappa shape index (κ3) is 3.99. The third-order valence-corrected chi connectivity index (χ3v) is 4.27. The van der Waals surface area contributed by atoms with Crippen molar-refractivity contribution in [2.45, 2.75) is 20.0 Å². The molecule has 0 spiro atoms. The van der Waals surface area contributed by atoms with Crippen LogP contribution in [0.4, 0.5) is 0 Å². The Hall–Kier alpha value is -2.83. The van der Waals surface area contributed by atoms with E-state index in [-0.39, 0.29) is 11.8 Å². The average molecular weight is 342 g/mol. The zero-order chi connectivity index (χ0) is 17.8. The second-order valence-corrected chi connectivity index (χ2v) is 6.03. The number of para-hydroxylation sites is 1. The molecule has 2 amide bonds. The lowest BCUT2D eigenvalue weighted by Gasteiger charge is -2.35. The van der Waals surface area contributed by atoms with Gasteiger partial charge in [0.05, 0.1) is 5.69 Å². The highest BCUT2D eigenvalue weighted by atomic mass is 16.5. The molecule has 2 aromatic rings. The fourth-order valence-corrected chi connectivity index (χ4v) is 2.82. The molecule has 1 aromatic carbocycles. The van der Waals surface area contributed by atoms with Crippen molar-refractivity contribution in [3.63, 3.8) is 0 Å². The summed E-state index contributed by atoms with van der Waals surface area (Å²) in [5.74, 6) is 0.368. The first-order valence-electron chi connectivity index (χ1n) is 8.36. The molecular weight excluding hydrogens is 320 g/mol. The van der Waals surface area contributed by atoms with E-state index < -0.39 is 6.10 Å². The smallest absolute Gasteiger partial charge is 0.263 e. The Morgan fingerprint density at radius 2 is 1.68 bits per heavy atom. The normalized spacial score (nSPS) is 15.8. The van der Waals surface area contributed by atoms with Gasteiger partial charge in [0.2, 0.25) is 11.8 Å². The minimum Gasteiger partial charge on any atom is -0.463 e. The van der Waals surface area contributed by atoms with Crippen LogP contribution in [0.5, 0.6) is 5.88 Å². The number of benzene rings is 1.